The molecule has 0 aliphatic rings. The van der Waals surface area contributed by atoms with E-state index in [1.54, 1.807) is 120 Å². The van der Waals surface area contributed by atoms with Crippen molar-refractivity contribution in [2.24, 2.45) is 5.41 Å². The topological polar surface area (TPSA) is 116 Å². The van der Waals surface area contributed by atoms with Crippen LogP contribution in [0.5, 0.6) is 0 Å². The molecule has 0 radical (unpaired) electrons. The monoisotopic (exact) mass is 618 g/mol. The Morgan fingerprint density at radius 1 is 0.698 bits per heavy atom. The maximum atomic E-state index is 14.5. The average molecular weight is 619 g/mol. The van der Waals surface area contributed by atoms with Gasteiger partial charge < -0.3 is 14.2 Å². The molecule has 8 nitrogen and oxygen atoms in total. The fourth-order valence-corrected chi connectivity index (χ4v) is 4.80. The zero-order chi connectivity index (χ0) is 32.3. The van der Waals surface area contributed by atoms with E-state index in [2.05, 4.69) is 0 Å². The Morgan fingerprint density at radius 2 is 1.09 bits per heavy atom. The SMILES string of the molecule is CC(C)(C)OC(=O)C(OC(C(=O)OCC(F)(F)S(=O)(=O)O)(c1ccccc1)C(C)(C)C)(c1ccccc1)c1ccccc1. The number of ether oxygens (including phenoxy) is 3. The summed E-state index contributed by atoms with van der Waals surface area (Å²) in [4.78, 5) is 28.7. The maximum Gasteiger partial charge on any atom is 0.402 e. The van der Waals surface area contributed by atoms with E-state index in [1.807, 2.05) is 0 Å². The lowest BCUT2D eigenvalue weighted by molar-refractivity contribution is -0.236. The summed E-state index contributed by atoms with van der Waals surface area (Å²) in [6.07, 6.45) is 0. The van der Waals surface area contributed by atoms with E-state index in [0.717, 1.165) is 0 Å². The van der Waals surface area contributed by atoms with Crippen LogP contribution in [0.25, 0.3) is 0 Å². The fraction of sp³-hybridized carbons (Fsp3) is 0.375. The summed E-state index contributed by atoms with van der Waals surface area (Å²) in [7, 11) is -5.92. The molecule has 0 bridgehead atoms. The Bertz CT molecular complexity index is 1470. The van der Waals surface area contributed by atoms with Crippen molar-refractivity contribution in [2.45, 2.75) is 63.6 Å². The summed E-state index contributed by atoms with van der Waals surface area (Å²) in [5, 5.41) is -4.82. The Labute approximate surface area is 250 Å². The molecule has 43 heavy (non-hydrogen) atoms. The quantitative estimate of drug-likeness (QED) is 0.209. The molecule has 0 saturated carbocycles. The lowest BCUT2D eigenvalue weighted by Gasteiger charge is -2.48. The predicted molar refractivity (Wildman–Crippen MR) is 156 cm³/mol. The van der Waals surface area contributed by atoms with Gasteiger partial charge >= 0.3 is 27.3 Å². The van der Waals surface area contributed by atoms with Gasteiger partial charge in [-0.15, -0.1) is 0 Å². The highest BCUT2D eigenvalue weighted by Crippen LogP contribution is 2.51. The number of carbonyl (C=O) groups is 2. The van der Waals surface area contributed by atoms with Gasteiger partial charge in [0.15, 0.2) is 12.2 Å². The van der Waals surface area contributed by atoms with Crippen molar-refractivity contribution in [1.29, 1.82) is 0 Å². The first-order valence-electron chi connectivity index (χ1n) is 13.4. The first-order valence-corrected chi connectivity index (χ1v) is 14.8. The Hall–Kier alpha value is -3.67. The molecule has 0 heterocycles. The van der Waals surface area contributed by atoms with Gasteiger partial charge in [-0.1, -0.05) is 112 Å². The van der Waals surface area contributed by atoms with Crippen molar-refractivity contribution in [3.8, 4) is 0 Å². The molecule has 3 aromatic rings. The van der Waals surface area contributed by atoms with Gasteiger partial charge in [-0.25, -0.2) is 9.59 Å². The number of hydrogen-bond donors (Lipinski definition) is 1. The number of halogens is 2. The molecule has 11 heteroatoms. The summed E-state index contributed by atoms with van der Waals surface area (Å²) in [6, 6.07) is 24.3. The molecule has 1 N–H and O–H groups in total. The zero-order valence-corrected chi connectivity index (χ0v) is 25.7. The number of benzene rings is 3. The molecule has 3 rings (SSSR count). The second-order valence-corrected chi connectivity index (χ2v) is 13.6. The molecule has 1 atom stereocenters. The van der Waals surface area contributed by atoms with Crippen molar-refractivity contribution in [3.05, 3.63) is 108 Å². The normalized spacial score (nSPS) is 14.4. The highest BCUT2D eigenvalue weighted by atomic mass is 32.2. The van der Waals surface area contributed by atoms with E-state index in [9.17, 15) is 26.8 Å². The molecule has 3 aromatic carbocycles. The molecule has 0 saturated heterocycles. The first kappa shape index (κ1) is 33.8. The predicted octanol–water partition coefficient (Wildman–Crippen LogP) is 6.25. The number of hydrogen-bond acceptors (Lipinski definition) is 7. The van der Waals surface area contributed by atoms with Crippen LogP contribution in [0.3, 0.4) is 0 Å². The van der Waals surface area contributed by atoms with E-state index in [4.69, 9.17) is 18.8 Å². The van der Waals surface area contributed by atoms with E-state index in [0.29, 0.717) is 0 Å². The Morgan fingerprint density at radius 3 is 1.44 bits per heavy atom. The zero-order valence-electron chi connectivity index (χ0n) is 24.8. The van der Waals surface area contributed by atoms with Crippen molar-refractivity contribution in [2.75, 3.05) is 6.61 Å². The smallest absolute Gasteiger partial charge is 0.402 e. The van der Waals surface area contributed by atoms with Crippen LogP contribution in [0.15, 0.2) is 91.0 Å². The second-order valence-electron chi connectivity index (χ2n) is 12.0. The summed E-state index contributed by atoms with van der Waals surface area (Å²) >= 11 is 0. The molecular formula is C32H36F2O8S. The number of rotatable bonds is 10. The van der Waals surface area contributed by atoms with Crippen LogP contribution in [0.1, 0.15) is 58.2 Å². The second kappa shape index (κ2) is 12.1. The van der Waals surface area contributed by atoms with Crippen molar-refractivity contribution >= 4 is 22.1 Å². The van der Waals surface area contributed by atoms with Gasteiger partial charge in [-0.3, -0.25) is 4.55 Å². The molecule has 0 amide bonds. The molecule has 0 spiro atoms. The summed E-state index contributed by atoms with van der Waals surface area (Å²) in [6.45, 7) is 7.71. The summed E-state index contributed by atoms with van der Waals surface area (Å²) < 4.78 is 78.1. The largest absolute Gasteiger partial charge is 0.457 e. The van der Waals surface area contributed by atoms with E-state index < -0.39 is 56.1 Å². The van der Waals surface area contributed by atoms with Crippen LogP contribution >= 0.6 is 0 Å². The molecule has 0 aliphatic carbocycles. The van der Waals surface area contributed by atoms with E-state index in [-0.39, 0.29) is 16.7 Å². The van der Waals surface area contributed by atoms with Gasteiger partial charge in [0.1, 0.15) is 5.60 Å². The lowest BCUT2D eigenvalue weighted by atomic mass is 9.70. The third-order valence-electron chi connectivity index (χ3n) is 6.63. The third kappa shape index (κ3) is 6.95. The minimum atomic E-state index is -5.92. The third-order valence-corrected chi connectivity index (χ3v) is 7.50. The summed E-state index contributed by atoms with van der Waals surface area (Å²) in [5.41, 5.74) is -6.23. The number of esters is 2. The molecule has 0 aliphatic heterocycles. The van der Waals surface area contributed by atoms with Crippen LogP contribution in [0.2, 0.25) is 0 Å². The number of alkyl halides is 2. The van der Waals surface area contributed by atoms with E-state index in [1.165, 1.54) is 12.1 Å². The van der Waals surface area contributed by atoms with Crippen molar-refractivity contribution in [1.82, 2.24) is 0 Å². The van der Waals surface area contributed by atoms with Gasteiger partial charge in [0.25, 0.3) is 0 Å². The summed E-state index contributed by atoms with van der Waals surface area (Å²) in [5.74, 6) is -2.33. The average Bonchev–Trinajstić information content (AvgIpc) is 2.92. The highest BCUT2D eigenvalue weighted by molar-refractivity contribution is 7.86. The molecule has 0 fully saturated rings. The lowest BCUT2D eigenvalue weighted by Crippen LogP contribution is -2.58. The van der Waals surface area contributed by atoms with Crippen LogP contribution < -0.4 is 0 Å². The van der Waals surface area contributed by atoms with Crippen LogP contribution in [0.4, 0.5) is 8.78 Å². The van der Waals surface area contributed by atoms with Gasteiger partial charge in [0, 0.05) is 5.41 Å². The van der Waals surface area contributed by atoms with Crippen LogP contribution in [-0.2, 0) is 45.1 Å². The Balaban J connectivity index is 2.43. The minimum Gasteiger partial charge on any atom is -0.457 e. The van der Waals surface area contributed by atoms with Gasteiger partial charge in [0.05, 0.1) is 0 Å². The first-order chi connectivity index (χ1) is 19.8. The maximum absolute atomic E-state index is 14.5. The van der Waals surface area contributed by atoms with E-state index >= 15 is 0 Å². The van der Waals surface area contributed by atoms with Crippen LogP contribution in [0, 0.1) is 5.41 Å². The van der Waals surface area contributed by atoms with Gasteiger partial charge in [0.2, 0.25) is 5.60 Å². The highest BCUT2D eigenvalue weighted by Gasteiger charge is 2.61. The van der Waals surface area contributed by atoms with Gasteiger partial charge in [-0.2, -0.15) is 17.2 Å². The molecule has 232 valence electrons. The van der Waals surface area contributed by atoms with Crippen molar-refractivity contribution < 1.29 is 45.6 Å². The minimum absolute atomic E-state index is 0.127. The molecule has 0 aromatic heterocycles. The van der Waals surface area contributed by atoms with Crippen LogP contribution in [-0.4, -0.2) is 42.4 Å². The Kier molecular flexibility index (Phi) is 9.55. The molecular weight excluding hydrogens is 582 g/mol. The molecule has 1 unspecified atom stereocenters. The van der Waals surface area contributed by atoms with Gasteiger partial charge in [-0.05, 0) is 37.5 Å². The fourth-order valence-electron chi connectivity index (χ4n) is 4.60. The number of carbonyl (C=O) groups excluding carboxylic acids is 2. The van der Waals surface area contributed by atoms with Crippen molar-refractivity contribution in [3.63, 3.8) is 0 Å². The standard InChI is InChI=1S/C32H36F2O8S/c1-28(2,3)32(25-20-14-9-15-21-25,27(36)40-22-30(33,34)43(37,38)39)42-31(23-16-10-7-11-17-23,24-18-12-8-13-19-24)26(35)41-29(4,5)6/h7-21H,22H2,1-6H3,(H,37,38,39).